The molecule has 1 aromatic rings. The van der Waals surface area contributed by atoms with Gasteiger partial charge in [-0.05, 0) is 31.9 Å². The van der Waals surface area contributed by atoms with Crippen LogP contribution in [0.4, 0.5) is 11.6 Å². The highest BCUT2D eigenvalue weighted by atomic mass is 32.2. The monoisotopic (exact) mass is 282 g/mol. The Balaban J connectivity index is 2.23. The second-order valence-corrected chi connectivity index (χ2v) is 5.48. The molecule has 0 bridgehead atoms. The summed E-state index contributed by atoms with van der Waals surface area (Å²) >= 11 is 1.55. The van der Waals surface area contributed by atoms with E-state index in [9.17, 15) is 0 Å². The lowest BCUT2D eigenvalue weighted by atomic mass is 9.91. The van der Waals surface area contributed by atoms with Gasteiger partial charge in [0.1, 0.15) is 11.6 Å². The number of aromatic nitrogens is 2. The van der Waals surface area contributed by atoms with Crippen molar-refractivity contribution in [2.24, 2.45) is 0 Å². The molecule has 0 aromatic carbocycles. The zero-order valence-electron chi connectivity index (χ0n) is 11.6. The number of rotatable bonds is 7. The third kappa shape index (κ3) is 3.51. The lowest BCUT2D eigenvalue weighted by molar-refractivity contribution is 0.282. The molecule has 0 aliphatic heterocycles. The second kappa shape index (κ2) is 6.96. The molecule has 0 atom stereocenters. The predicted molar refractivity (Wildman–Crippen MR) is 80.0 cm³/mol. The Hall–Kier alpha value is -1.01. The van der Waals surface area contributed by atoms with Gasteiger partial charge in [0, 0.05) is 32.3 Å². The van der Waals surface area contributed by atoms with Crippen molar-refractivity contribution in [3.8, 4) is 0 Å². The zero-order chi connectivity index (χ0) is 13.7. The minimum Gasteiger partial charge on any atom is -0.396 e. The van der Waals surface area contributed by atoms with Crippen LogP contribution in [0.25, 0.3) is 0 Å². The summed E-state index contributed by atoms with van der Waals surface area (Å²) in [5.41, 5.74) is 0. The highest BCUT2D eigenvalue weighted by Crippen LogP contribution is 2.30. The standard InChI is InChI=1S/C13H22N4OS/c1-14-11-9-12(16-13(15-11)19-2)17(7-4-8-18)10-5-3-6-10/h9-10,18H,3-8H2,1-2H3,(H,14,15,16). The normalized spacial score (nSPS) is 15.1. The van der Waals surface area contributed by atoms with Crippen LogP contribution in [-0.2, 0) is 0 Å². The zero-order valence-corrected chi connectivity index (χ0v) is 12.4. The minimum atomic E-state index is 0.225. The van der Waals surface area contributed by atoms with Gasteiger partial charge in [-0.25, -0.2) is 9.97 Å². The van der Waals surface area contributed by atoms with Crippen LogP contribution in [0.15, 0.2) is 11.2 Å². The van der Waals surface area contributed by atoms with Gasteiger partial charge >= 0.3 is 0 Å². The van der Waals surface area contributed by atoms with Crippen molar-refractivity contribution in [1.82, 2.24) is 9.97 Å². The predicted octanol–water partition coefficient (Wildman–Crippen LogP) is 1.98. The Morgan fingerprint density at radius 2 is 2.26 bits per heavy atom. The molecule has 0 saturated heterocycles. The van der Waals surface area contributed by atoms with Crippen molar-refractivity contribution >= 4 is 23.4 Å². The summed E-state index contributed by atoms with van der Waals surface area (Å²) in [6, 6.07) is 2.57. The third-order valence-corrected chi connectivity index (χ3v) is 4.05. The van der Waals surface area contributed by atoms with Crippen molar-refractivity contribution in [3.05, 3.63) is 6.07 Å². The Kier molecular flexibility index (Phi) is 5.27. The number of hydrogen-bond acceptors (Lipinski definition) is 6. The lowest BCUT2D eigenvalue weighted by Crippen LogP contribution is -2.41. The van der Waals surface area contributed by atoms with E-state index in [1.165, 1.54) is 19.3 Å². The van der Waals surface area contributed by atoms with Gasteiger partial charge in [-0.3, -0.25) is 0 Å². The van der Waals surface area contributed by atoms with Crippen molar-refractivity contribution in [3.63, 3.8) is 0 Å². The van der Waals surface area contributed by atoms with Crippen LogP contribution in [0.1, 0.15) is 25.7 Å². The fraction of sp³-hybridized carbons (Fsp3) is 0.692. The van der Waals surface area contributed by atoms with E-state index in [-0.39, 0.29) is 6.61 Å². The lowest BCUT2D eigenvalue weighted by Gasteiger charge is -2.38. The van der Waals surface area contributed by atoms with Gasteiger partial charge in [0.15, 0.2) is 5.16 Å². The van der Waals surface area contributed by atoms with Crippen molar-refractivity contribution < 1.29 is 5.11 Å². The largest absolute Gasteiger partial charge is 0.396 e. The number of nitrogens with zero attached hydrogens (tertiary/aromatic N) is 3. The first kappa shape index (κ1) is 14.4. The Morgan fingerprint density at radius 1 is 1.47 bits per heavy atom. The summed E-state index contributed by atoms with van der Waals surface area (Å²) < 4.78 is 0. The van der Waals surface area contributed by atoms with E-state index in [0.29, 0.717) is 6.04 Å². The molecular weight excluding hydrogens is 260 g/mol. The van der Waals surface area contributed by atoms with E-state index in [4.69, 9.17) is 5.11 Å². The molecule has 1 heterocycles. The maximum absolute atomic E-state index is 9.06. The highest BCUT2D eigenvalue weighted by molar-refractivity contribution is 7.98. The molecule has 0 radical (unpaired) electrons. The number of aliphatic hydroxyl groups is 1. The molecule has 1 saturated carbocycles. The first-order valence-electron chi connectivity index (χ1n) is 6.76. The molecule has 1 aromatic heterocycles. The van der Waals surface area contributed by atoms with Crippen molar-refractivity contribution in [2.75, 3.05) is 36.7 Å². The quantitative estimate of drug-likeness (QED) is 0.589. The van der Waals surface area contributed by atoms with Crippen molar-refractivity contribution in [2.45, 2.75) is 36.9 Å². The van der Waals surface area contributed by atoms with Crippen molar-refractivity contribution in [1.29, 1.82) is 0 Å². The maximum atomic E-state index is 9.06. The van der Waals surface area contributed by atoms with E-state index in [2.05, 4.69) is 20.2 Å². The van der Waals surface area contributed by atoms with E-state index in [1.807, 2.05) is 19.4 Å². The Morgan fingerprint density at radius 3 is 2.79 bits per heavy atom. The number of aliphatic hydroxyl groups excluding tert-OH is 1. The summed E-state index contributed by atoms with van der Waals surface area (Å²) in [6.45, 7) is 1.08. The summed E-state index contributed by atoms with van der Waals surface area (Å²) in [7, 11) is 1.87. The van der Waals surface area contributed by atoms with Crippen LogP contribution in [0.2, 0.25) is 0 Å². The van der Waals surface area contributed by atoms with Gasteiger partial charge in [-0.15, -0.1) is 0 Å². The van der Waals surface area contributed by atoms with Crippen LogP contribution in [0.5, 0.6) is 0 Å². The number of anilines is 2. The molecule has 6 heteroatoms. The summed E-state index contributed by atoms with van der Waals surface area (Å²) in [5.74, 6) is 1.82. The molecule has 1 fully saturated rings. The van der Waals surface area contributed by atoms with Gasteiger partial charge in [0.25, 0.3) is 0 Å². The molecule has 19 heavy (non-hydrogen) atoms. The first-order chi connectivity index (χ1) is 9.28. The fourth-order valence-electron chi connectivity index (χ4n) is 2.20. The van der Waals surface area contributed by atoms with Gasteiger partial charge in [-0.1, -0.05) is 11.8 Å². The van der Waals surface area contributed by atoms with E-state index >= 15 is 0 Å². The molecule has 0 spiro atoms. The average molecular weight is 282 g/mol. The molecule has 2 rings (SSSR count). The van der Waals surface area contributed by atoms with Crippen LogP contribution < -0.4 is 10.2 Å². The molecule has 2 N–H and O–H groups in total. The SMILES string of the molecule is CNc1cc(N(CCCO)C2CCC2)nc(SC)n1. The summed E-state index contributed by atoms with van der Waals surface area (Å²) in [5, 5.41) is 12.9. The molecule has 1 aliphatic carbocycles. The van der Waals surface area contributed by atoms with Crippen LogP contribution in [0, 0.1) is 0 Å². The van der Waals surface area contributed by atoms with E-state index in [0.717, 1.165) is 29.8 Å². The number of hydrogen-bond donors (Lipinski definition) is 2. The molecule has 0 unspecified atom stereocenters. The molecule has 5 nitrogen and oxygen atoms in total. The van der Waals surface area contributed by atoms with Gasteiger partial charge in [-0.2, -0.15) is 0 Å². The number of nitrogens with one attached hydrogen (secondary N) is 1. The summed E-state index contributed by atoms with van der Waals surface area (Å²) in [6.07, 6.45) is 6.50. The van der Waals surface area contributed by atoms with E-state index in [1.54, 1.807) is 11.8 Å². The Labute approximate surface area is 118 Å². The topological polar surface area (TPSA) is 61.3 Å². The van der Waals surface area contributed by atoms with Gasteiger partial charge < -0.3 is 15.3 Å². The smallest absolute Gasteiger partial charge is 0.191 e. The van der Waals surface area contributed by atoms with Gasteiger partial charge in [0.2, 0.25) is 0 Å². The summed E-state index contributed by atoms with van der Waals surface area (Å²) in [4.78, 5) is 11.3. The second-order valence-electron chi connectivity index (χ2n) is 4.70. The molecule has 106 valence electrons. The first-order valence-corrected chi connectivity index (χ1v) is 7.99. The Bertz CT molecular complexity index is 389. The van der Waals surface area contributed by atoms with E-state index < -0.39 is 0 Å². The highest BCUT2D eigenvalue weighted by Gasteiger charge is 2.26. The van der Waals surface area contributed by atoms with Crippen LogP contribution in [-0.4, -0.2) is 47.6 Å². The molecule has 1 aliphatic rings. The van der Waals surface area contributed by atoms with Crippen LogP contribution >= 0.6 is 11.8 Å². The van der Waals surface area contributed by atoms with Crippen LogP contribution in [0.3, 0.4) is 0 Å². The molecular formula is C13H22N4OS. The maximum Gasteiger partial charge on any atom is 0.191 e. The number of thioether (sulfide) groups is 1. The average Bonchev–Trinajstić information content (AvgIpc) is 2.40. The molecule has 0 amide bonds. The van der Waals surface area contributed by atoms with Gasteiger partial charge in [0.05, 0.1) is 0 Å². The third-order valence-electron chi connectivity index (χ3n) is 3.50. The minimum absolute atomic E-state index is 0.225. The fourth-order valence-corrected chi connectivity index (χ4v) is 2.58.